The van der Waals surface area contributed by atoms with Gasteiger partial charge < -0.3 is 9.47 Å². The van der Waals surface area contributed by atoms with Gasteiger partial charge in [-0.15, -0.1) is 0 Å². The molecule has 3 aromatic carbocycles. The van der Waals surface area contributed by atoms with Gasteiger partial charge in [0.25, 0.3) is 0 Å². The Morgan fingerprint density at radius 3 is 1.41 bits per heavy atom. The summed E-state index contributed by atoms with van der Waals surface area (Å²) in [6.45, 7) is 0. The van der Waals surface area contributed by atoms with Crippen LogP contribution in [0.1, 0.15) is 20.7 Å². The molecule has 22 heavy (non-hydrogen) atoms. The average Bonchev–Trinajstić information content (AvgIpc) is 2.58. The minimum absolute atomic E-state index is 0.539. The van der Waals surface area contributed by atoms with Gasteiger partial charge in [0.1, 0.15) is 11.5 Å². The summed E-state index contributed by atoms with van der Waals surface area (Å²) in [4.78, 5) is 23.3. The van der Waals surface area contributed by atoms with Crippen LogP contribution in [0.2, 0.25) is 0 Å². The lowest BCUT2D eigenvalue weighted by atomic mass is 9.92. The molecule has 110 valence electrons. The molecule has 3 rings (SSSR count). The number of carbonyl (C=O) groups excluding carboxylic acids is 2. The van der Waals surface area contributed by atoms with Crippen molar-refractivity contribution in [3.05, 3.63) is 47.5 Å². The van der Waals surface area contributed by atoms with Crippen LogP contribution >= 0.6 is 0 Å². The van der Waals surface area contributed by atoms with Gasteiger partial charge in [0, 0.05) is 11.1 Å². The number of ether oxygens (including phenoxy) is 2. The van der Waals surface area contributed by atoms with Crippen LogP contribution in [0.4, 0.5) is 0 Å². The van der Waals surface area contributed by atoms with Gasteiger partial charge in [-0.3, -0.25) is 9.59 Å². The third-order valence-electron chi connectivity index (χ3n) is 3.85. The van der Waals surface area contributed by atoms with E-state index < -0.39 is 0 Å². The van der Waals surface area contributed by atoms with Gasteiger partial charge in [-0.1, -0.05) is 0 Å². The fourth-order valence-corrected chi connectivity index (χ4v) is 2.76. The summed E-state index contributed by atoms with van der Waals surface area (Å²) in [5.74, 6) is 1.28. The van der Waals surface area contributed by atoms with E-state index in [1.54, 1.807) is 50.6 Å². The van der Waals surface area contributed by atoms with E-state index in [2.05, 4.69) is 0 Å². The van der Waals surface area contributed by atoms with E-state index in [0.717, 1.165) is 23.3 Å². The maximum absolute atomic E-state index is 11.6. The number of hydrogen-bond acceptors (Lipinski definition) is 4. The molecule has 0 amide bonds. The third kappa shape index (κ3) is 2.00. The number of carbonyl (C=O) groups is 2. The Balaban J connectivity index is 2.56. The number of benzene rings is 3. The summed E-state index contributed by atoms with van der Waals surface area (Å²) in [6, 6.07) is 10.7. The summed E-state index contributed by atoms with van der Waals surface area (Å²) in [6.07, 6.45) is 1.62. The molecule has 4 nitrogen and oxygen atoms in total. The number of rotatable bonds is 4. The van der Waals surface area contributed by atoms with Crippen molar-refractivity contribution in [2.75, 3.05) is 14.2 Å². The summed E-state index contributed by atoms with van der Waals surface area (Å²) in [7, 11) is 3.13. The van der Waals surface area contributed by atoms with E-state index in [0.29, 0.717) is 33.4 Å². The predicted octanol–water partition coefficient (Wildman–Crippen LogP) is 3.64. The molecule has 0 heterocycles. The second kappa shape index (κ2) is 5.48. The van der Waals surface area contributed by atoms with E-state index >= 15 is 0 Å². The summed E-state index contributed by atoms with van der Waals surface area (Å²) in [5, 5.41) is 2.85. The van der Waals surface area contributed by atoms with Crippen LogP contribution in [0.5, 0.6) is 11.5 Å². The number of hydrogen-bond donors (Lipinski definition) is 0. The maximum atomic E-state index is 11.6. The number of aldehydes is 2. The second-order valence-electron chi connectivity index (χ2n) is 4.89. The standard InChI is InChI=1S/C18H14O4/c1-21-11-3-5-13-15(7-11)17(9-19)14-6-4-12(22-2)8-16(14)18(13)10-20/h3-10H,1-2H3. The van der Waals surface area contributed by atoms with Crippen molar-refractivity contribution in [1.29, 1.82) is 0 Å². The van der Waals surface area contributed by atoms with Crippen LogP contribution in [0.15, 0.2) is 36.4 Å². The van der Waals surface area contributed by atoms with Crippen LogP contribution < -0.4 is 9.47 Å². The highest BCUT2D eigenvalue weighted by Gasteiger charge is 2.14. The normalized spacial score (nSPS) is 10.6. The molecule has 0 saturated carbocycles. The van der Waals surface area contributed by atoms with Crippen LogP contribution in [0.3, 0.4) is 0 Å². The first-order chi connectivity index (χ1) is 10.7. The van der Waals surface area contributed by atoms with Crippen LogP contribution in [0, 0.1) is 0 Å². The third-order valence-corrected chi connectivity index (χ3v) is 3.85. The molecule has 0 bridgehead atoms. The highest BCUT2D eigenvalue weighted by Crippen LogP contribution is 2.35. The Labute approximate surface area is 127 Å². The lowest BCUT2D eigenvalue weighted by molar-refractivity contribution is 0.111. The topological polar surface area (TPSA) is 52.6 Å². The SMILES string of the molecule is COc1ccc2c(C=O)c3cc(OC)ccc3c(C=O)c2c1. The first-order valence-corrected chi connectivity index (χ1v) is 6.75. The zero-order valence-corrected chi connectivity index (χ0v) is 12.3. The average molecular weight is 294 g/mol. The monoisotopic (exact) mass is 294 g/mol. The Morgan fingerprint density at radius 2 is 1.09 bits per heavy atom. The Kier molecular flexibility index (Phi) is 3.51. The minimum Gasteiger partial charge on any atom is -0.497 e. The van der Waals surface area contributed by atoms with E-state index in [1.807, 2.05) is 0 Å². The lowest BCUT2D eigenvalue weighted by Gasteiger charge is -2.12. The molecule has 0 fully saturated rings. The first kappa shape index (κ1) is 14.1. The van der Waals surface area contributed by atoms with Crippen LogP contribution in [0.25, 0.3) is 21.5 Å². The highest BCUT2D eigenvalue weighted by atomic mass is 16.5. The van der Waals surface area contributed by atoms with Gasteiger partial charge >= 0.3 is 0 Å². The fraction of sp³-hybridized carbons (Fsp3) is 0.111. The molecule has 3 aromatic rings. The molecule has 0 atom stereocenters. The van der Waals surface area contributed by atoms with Crippen molar-refractivity contribution in [2.45, 2.75) is 0 Å². The molecule has 0 aliphatic heterocycles. The van der Waals surface area contributed by atoms with Crippen LogP contribution in [-0.4, -0.2) is 26.8 Å². The Bertz CT molecular complexity index is 821. The number of fused-ring (bicyclic) bond motifs is 2. The Morgan fingerprint density at radius 1 is 0.682 bits per heavy atom. The molecule has 0 saturated heterocycles. The van der Waals surface area contributed by atoms with Crippen molar-refractivity contribution in [1.82, 2.24) is 0 Å². The smallest absolute Gasteiger partial charge is 0.151 e. The highest BCUT2D eigenvalue weighted by molar-refractivity contribution is 6.20. The van der Waals surface area contributed by atoms with Gasteiger partial charge in [-0.05, 0) is 57.9 Å². The van der Waals surface area contributed by atoms with Gasteiger partial charge in [-0.25, -0.2) is 0 Å². The molecular formula is C18H14O4. The number of methoxy groups -OCH3 is 2. The molecular weight excluding hydrogens is 280 g/mol. The second-order valence-corrected chi connectivity index (χ2v) is 4.89. The molecule has 0 aliphatic carbocycles. The molecule has 4 heteroatoms. The van der Waals surface area contributed by atoms with Crippen molar-refractivity contribution in [2.24, 2.45) is 0 Å². The fourth-order valence-electron chi connectivity index (χ4n) is 2.76. The van der Waals surface area contributed by atoms with Crippen molar-refractivity contribution < 1.29 is 19.1 Å². The molecule has 0 spiro atoms. The largest absolute Gasteiger partial charge is 0.497 e. The van der Waals surface area contributed by atoms with Gasteiger partial charge in [0.2, 0.25) is 0 Å². The summed E-state index contributed by atoms with van der Waals surface area (Å²) in [5.41, 5.74) is 1.08. The summed E-state index contributed by atoms with van der Waals surface area (Å²) >= 11 is 0. The maximum Gasteiger partial charge on any atom is 0.151 e. The van der Waals surface area contributed by atoms with Crippen molar-refractivity contribution in [3.63, 3.8) is 0 Å². The molecule has 0 unspecified atom stereocenters. The van der Waals surface area contributed by atoms with E-state index in [1.165, 1.54) is 0 Å². The van der Waals surface area contributed by atoms with E-state index in [4.69, 9.17) is 9.47 Å². The molecule has 0 aromatic heterocycles. The molecule has 0 radical (unpaired) electrons. The molecule has 0 aliphatic rings. The zero-order chi connectivity index (χ0) is 15.7. The van der Waals surface area contributed by atoms with Crippen molar-refractivity contribution >= 4 is 34.1 Å². The van der Waals surface area contributed by atoms with Crippen LogP contribution in [-0.2, 0) is 0 Å². The lowest BCUT2D eigenvalue weighted by Crippen LogP contribution is -1.95. The quantitative estimate of drug-likeness (QED) is 0.544. The molecule has 0 N–H and O–H groups in total. The first-order valence-electron chi connectivity index (χ1n) is 6.75. The van der Waals surface area contributed by atoms with E-state index in [-0.39, 0.29) is 0 Å². The van der Waals surface area contributed by atoms with E-state index in [9.17, 15) is 9.59 Å². The van der Waals surface area contributed by atoms with Gasteiger partial charge in [0.05, 0.1) is 14.2 Å². The summed E-state index contributed by atoms with van der Waals surface area (Å²) < 4.78 is 10.4. The van der Waals surface area contributed by atoms with Gasteiger partial charge in [0.15, 0.2) is 12.6 Å². The Hall–Kier alpha value is -2.88. The van der Waals surface area contributed by atoms with Gasteiger partial charge in [-0.2, -0.15) is 0 Å². The predicted molar refractivity (Wildman–Crippen MR) is 85.3 cm³/mol. The minimum atomic E-state index is 0.539. The zero-order valence-electron chi connectivity index (χ0n) is 12.3. The van der Waals surface area contributed by atoms with Crippen molar-refractivity contribution in [3.8, 4) is 11.5 Å².